The molecule has 0 spiro atoms. The summed E-state index contributed by atoms with van der Waals surface area (Å²) < 4.78 is 0. The lowest BCUT2D eigenvalue weighted by atomic mass is 9.92. The fourth-order valence-corrected chi connectivity index (χ4v) is 2.43. The Hall–Kier alpha value is -2.18. The first-order chi connectivity index (χ1) is 9.00. The second-order valence-corrected chi connectivity index (χ2v) is 4.80. The number of carboxylic acids is 1. The topological polar surface area (TPSA) is 96.6 Å². The minimum absolute atomic E-state index is 0.150. The highest BCUT2D eigenvalue weighted by atomic mass is 16.6. The molecule has 1 aliphatic rings. The highest BCUT2D eigenvalue weighted by Gasteiger charge is 2.34. The zero-order valence-electron chi connectivity index (χ0n) is 10.5. The van der Waals surface area contributed by atoms with Gasteiger partial charge in [0, 0.05) is 12.7 Å². The number of hydrogen-bond donors (Lipinski definition) is 1. The monoisotopic (exact) mass is 265 g/mol. The van der Waals surface area contributed by atoms with Crippen molar-refractivity contribution in [2.24, 2.45) is 5.92 Å². The maximum Gasteiger partial charge on any atom is 0.326 e. The average Bonchev–Trinajstić information content (AvgIpc) is 2.38. The molecular formula is C12H15N3O4. The summed E-state index contributed by atoms with van der Waals surface area (Å²) in [7, 11) is 0. The predicted molar refractivity (Wildman–Crippen MR) is 68.1 cm³/mol. The van der Waals surface area contributed by atoms with E-state index in [2.05, 4.69) is 4.98 Å². The van der Waals surface area contributed by atoms with Crippen LogP contribution in [-0.4, -0.2) is 33.6 Å². The fraction of sp³-hybridized carbons (Fsp3) is 0.500. The van der Waals surface area contributed by atoms with Crippen LogP contribution in [-0.2, 0) is 4.79 Å². The van der Waals surface area contributed by atoms with Crippen molar-refractivity contribution in [2.45, 2.75) is 25.8 Å². The van der Waals surface area contributed by atoms with E-state index in [4.69, 9.17) is 0 Å². The van der Waals surface area contributed by atoms with Crippen LogP contribution in [0.25, 0.3) is 0 Å². The second-order valence-electron chi connectivity index (χ2n) is 4.80. The van der Waals surface area contributed by atoms with Gasteiger partial charge in [-0.25, -0.2) is 4.79 Å². The molecule has 2 rings (SSSR count). The molecule has 1 aromatic rings. The maximum atomic E-state index is 11.3. The van der Waals surface area contributed by atoms with E-state index in [1.54, 1.807) is 4.90 Å². The lowest BCUT2D eigenvalue weighted by Crippen LogP contribution is -2.47. The zero-order chi connectivity index (χ0) is 14.0. The van der Waals surface area contributed by atoms with Crippen molar-refractivity contribution in [3.63, 3.8) is 0 Å². The summed E-state index contributed by atoms with van der Waals surface area (Å²) in [6.07, 6.45) is 3.92. The smallest absolute Gasteiger partial charge is 0.326 e. The van der Waals surface area contributed by atoms with E-state index in [0.717, 1.165) is 12.6 Å². The van der Waals surface area contributed by atoms with Gasteiger partial charge in [0.15, 0.2) is 0 Å². The molecule has 2 atom stereocenters. The van der Waals surface area contributed by atoms with Gasteiger partial charge in [-0.1, -0.05) is 6.92 Å². The minimum Gasteiger partial charge on any atom is -0.480 e. The number of pyridine rings is 1. The van der Waals surface area contributed by atoms with Crippen molar-refractivity contribution in [1.29, 1.82) is 0 Å². The Balaban J connectivity index is 2.39. The van der Waals surface area contributed by atoms with Crippen LogP contribution < -0.4 is 4.90 Å². The molecule has 2 heterocycles. The van der Waals surface area contributed by atoms with Gasteiger partial charge in [0.2, 0.25) is 0 Å². The van der Waals surface area contributed by atoms with Gasteiger partial charge >= 0.3 is 11.7 Å². The van der Waals surface area contributed by atoms with Crippen LogP contribution in [0.15, 0.2) is 18.5 Å². The Morgan fingerprint density at radius 1 is 1.63 bits per heavy atom. The number of hydrogen-bond acceptors (Lipinski definition) is 5. The number of carboxylic acid groups (broad SMARTS) is 1. The van der Waals surface area contributed by atoms with Gasteiger partial charge in [0.1, 0.15) is 17.9 Å². The van der Waals surface area contributed by atoms with E-state index < -0.39 is 16.9 Å². The Morgan fingerprint density at radius 3 is 3.00 bits per heavy atom. The third-order valence-corrected chi connectivity index (χ3v) is 3.43. The molecule has 0 saturated carbocycles. The van der Waals surface area contributed by atoms with Crippen molar-refractivity contribution in [1.82, 2.24) is 4.98 Å². The molecule has 1 aromatic heterocycles. The quantitative estimate of drug-likeness (QED) is 0.659. The van der Waals surface area contributed by atoms with Gasteiger partial charge in [-0.3, -0.25) is 15.1 Å². The molecule has 102 valence electrons. The molecule has 2 unspecified atom stereocenters. The first kappa shape index (κ1) is 13.3. The number of nitro groups is 1. The summed E-state index contributed by atoms with van der Waals surface area (Å²) in [4.78, 5) is 27.1. The summed E-state index contributed by atoms with van der Waals surface area (Å²) in [5.41, 5.74) is 0.183. The van der Waals surface area contributed by atoms with Crippen LogP contribution in [0.5, 0.6) is 0 Å². The summed E-state index contributed by atoms with van der Waals surface area (Å²) in [6.45, 7) is 2.50. The van der Waals surface area contributed by atoms with Gasteiger partial charge in [-0.2, -0.15) is 0 Å². The molecule has 0 aliphatic carbocycles. The molecule has 19 heavy (non-hydrogen) atoms. The number of piperidine rings is 1. The molecule has 1 fully saturated rings. The van der Waals surface area contributed by atoms with Crippen LogP contribution in [0.3, 0.4) is 0 Å². The number of aromatic nitrogens is 1. The van der Waals surface area contributed by atoms with Crippen LogP contribution in [0.1, 0.15) is 19.8 Å². The number of rotatable bonds is 3. The van der Waals surface area contributed by atoms with Crippen LogP contribution >= 0.6 is 0 Å². The summed E-state index contributed by atoms with van der Waals surface area (Å²) in [5, 5.41) is 20.3. The van der Waals surface area contributed by atoms with Gasteiger partial charge < -0.3 is 10.0 Å². The Kier molecular flexibility index (Phi) is 3.64. The Bertz CT molecular complexity index is 506. The minimum atomic E-state index is -0.947. The molecular weight excluding hydrogens is 250 g/mol. The van der Waals surface area contributed by atoms with E-state index in [0.29, 0.717) is 24.6 Å². The van der Waals surface area contributed by atoms with Crippen molar-refractivity contribution < 1.29 is 14.8 Å². The molecule has 1 saturated heterocycles. The molecule has 7 nitrogen and oxygen atoms in total. The van der Waals surface area contributed by atoms with Crippen LogP contribution in [0, 0.1) is 16.0 Å². The second kappa shape index (κ2) is 5.21. The van der Waals surface area contributed by atoms with Crippen molar-refractivity contribution in [2.75, 3.05) is 11.4 Å². The fourth-order valence-electron chi connectivity index (χ4n) is 2.43. The standard InChI is InChI=1S/C12H15N3O4/c1-8-3-5-14(10(6-8)12(16)17)9-2-4-13-7-11(9)15(18)19/h2,4,7-8,10H,3,5-6H2,1H3,(H,16,17). The Labute approximate surface area is 110 Å². The van der Waals surface area contributed by atoms with Gasteiger partial charge in [0.25, 0.3) is 0 Å². The number of nitrogens with zero attached hydrogens (tertiary/aromatic N) is 3. The third kappa shape index (κ3) is 2.64. The van der Waals surface area contributed by atoms with E-state index in [1.165, 1.54) is 12.3 Å². The molecule has 0 radical (unpaired) electrons. The maximum absolute atomic E-state index is 11.3. The first-order valence-electron chi connectivity index (χ1n) is 6.08. The molecule has 0 aromatic carbocycles. The molecule has 1 N–H and O–H groups in total. The molecule has 7 heteroatoms. The number of carbonyl (C=O) groups is 1. The average molecular weight is 265 g/mol. The summed E-state index contributed by atoms with van der Waals surface area (Å²) >= 11 is 0. The van der Waals surface area contributed by atoms with Gasteiger partial charge in [0.05, 0.1) is 4.92 Å². The van der Waals surface area contributed by atoms with E-state index in [-0.39, 0.29) is 5.69 Å². The van der Waals surface area contributed by atoms with E-state index in [1.807, 2.05) is 6.92 Å². The Morgan fingerprint density at radius 2 is 2.37 bits per heavy atom. The largest absolute Gasteiger partial charge is 0.480 e. The van der Waals surface area contributed by atoms with E-state index in [9.17, 15) is 20.0 Å². The molecule has 1 aliphatic heterocycles. The number of aliphatic carboxylic acids is 1. The zero-order valence-corrected chi connectivity index (χ0v) is 10.5. The normalized spacial score (nSPS) is 23.1. The van der Waals surface area contributed by atoms with Crippen LogP contribution in [0.4, 0.5) is 11.4 Å². The lowest BCUT2D eigenvalue weighted by molar-refractivity contribution is -0.384. The molecule has 0 bridgehead atoms. The first-order valence-corrected chi connectivity index (χ1v) is 6.08. The summed E-state index contributed by atoms with van der Waals surface area (Å²) in [6, 6.07) is 0.786. The lowest BCUT2D eigenvalue weighted by Gasteiger charge is -2.37. The highest BCUT2D eigenvalue weighted by Crippen LogP contribution is 2.33. The van der Waals surface area contributed by atoms with Crippen molar-refractivity contribution in [3.05, 3.63) is 28.6 Å². The van der Waals surface area contributed by atoms with Crippen molar-refractivity contribution >= 4 is 17.3 Å². The summed E-state index contributed by atoms with van der Waals surface area (Å²) in [5.74, 6) is -0.643. The van der Waals surface area contributed by atoms with Crippen LogP contribution in [0.2, 0.25) is 0 Å². The van der Waals surface area contributed by atoms with Gasteiger partial charge in [-0.15, -0.1) is 0 Å². The predicted octanol–water partition coefficient (Wildman–Crippen LogP) is 1.68. The molecule has 0 amide bonds. The number of anilines is 1. The van der Waals surface area contributed by atoms with Crippen molar-refractivity contribution in [3.8, 4) is 0 Å². The highest BCUT2D eigenvalue weighted by molar-refractivity contribution is 5.80. The van der Waals surface area contributed by atoms with E-state index >= 15 is 0 Å². The van der Waals surface area contributed by atoms with Gasteiger partial charge in [-0.05, 0) is 24.8 Å². The third-order valence-electron chi connectivity index (χ3n) is 3.43. The SMILES string of the molecule is CC1CCN(c2ccncc2[N+](=O)[O-])C(C(=O)O)C1.